The first-order valence-electron chi connectivity index (χ1n) is 13.1. The van der Waals surface area contributed by atoms with Crippen LogP contribution < -0.4 is 24.4 Å². The van der Waals surface area contributed by atoms with E-state index in [1.165, 1.54) is 18.4 Å². The van der Waals surface area contributed by atoms with Crippen LogP contribution >= 0.6 is 11.3 Å². The fourth-order valence-corrected chi connectivity index (χ4v) is 5.71. The molecule has 0 saturated carbocycles. The van der Waals surface area contributed by atoms with Crippen molar-refractivity contribution in [2.24, 2.45) is 4.99 Å². The molecule has 2 heterocycles. The molecule has 1 aromatic heterocycles. The number of carbonyl (C=O) groups is 1. The van der Waals surface area contributed by atoms with Crippen LogP contribution in [0.3, 0.4) is 0 Å². The molecule has 0 radical (unpaired) electrons. The largest absolute Gasteiger partial charge is 0.496 e. The maximum atomic E-state index is 14.0. The molecule has 1 atom stereocenters. The summed E-state index contributed by atoms with van der Waals surface area (Å²) in [6, 6.07) is 24.0. The second-order valence-electron chi connectivity index (χ2n) is 9.26. The van der Waals surface area contributed by atoms with E-state index in [-0.39, 0.29) is 24.3 Å². The Kier molecular flexibility index (Phi) is 8.76. The van der Waals surface area contributed by atoms with Crippen LogP contribution in [0.5, 0.6) is 11.5 Å². The Bertz CT molecular complexity index is 1760. The van der Waals surface area contributed by atoms with E-state index >= 15 is 0 Å². The monoisotopic (exact) mass is 570 g/mol. The third-order valence-electron chi connectivity index (χ3n) is 6.64. The van der Waals surface area contributed by atoms with E-state index in [0.717, 1.165) is 11.1 Å². The van der Waals surface area contributed by atoms with Crippen molar-refractivity contribution in [2.45, 2.75) is 19.6 Å². The number of ether oxygens (including phenoxy) is 4. The minimum absolute atomic E-state index is 0.0783. The molecule has 41 heavy (non-hydrogen) atoms. The summed E-state index contributed by atoms with van der Waals surface area (Å²) in [7, 11) is 3.09. The van der Waals surface area contributed by atoms with Crippen LogP contribution in [0.25, 0.3) is 6.08 Å². The van der Waals surface area contributed by atoms with Gasteiger partial charge in [-0.2, -0.15) is 0 Å². The molecule has 0 aliphatic carbocycles. The van der Waals surface area contributed by atoms with Crippen molar-refractivity contribution in [1.82, 2.24) is 4.57 Å². The molecule has 0 spiro atoms. The Morgan fingerprint density at radius 1 is 0.951 bits per heavy atom. The fourth-order valence-electron chi connectivity index (χ4n) is 4.67. The molecule has 0 N–H and O–H groups in total. The molecule has 1 unspecified atom stereocenters. The molecular formula is C32H30N2O6S. The highest BCUT2D eigenvalue weighted by atomic mass is 32.1. The van der Waals surface area contributed by atoms with Crippen LogP contribution in [0.2, 0.25) is 0 Å². The smallest absolute Gasteiger partial charge is 0.338 e. The van der Waals surface area contributed by atoms with Gasteiger partial charge in [-0.25, -0.2) is 9.79 Å². The van der Waals surface area contributed by atoms with Crippen molar-refractivity contribution in [3.8, 4) is 11.5 Å². The van der Waals surface area contributed by atoms with Crippen LogP contribution in [-0.4, -0.2) is 38.0 Å². The van der Waals surface area contributed by atoms with E-state index in [4.69, 9.17) is 18.9 Å². The van der Waals surface area contributed by atoms with Crippen LogP contribution in [0.15, 0.2) is 99.9 Å². The number of methoxy groups -OCH3 is 2. The van der Waals surface area contributed by atoms with Gasteiger partial charge < -0.3 is 18.9 Å². The molecule has 210 valence electrons. The highest BCUT2D eigenvalue weighted by Gasteiger charge is 2.35. The zero-order chi connectivity index (χ0) is 28.8. The van der Waals surface area contributed by atoms with Gasteiger partial charge in [0, 0.05) is 18.2 Å². The van der Waals surface area contributed by atoms with Gasteiger partial charge in [0.15, 0.2) is 4.80 Å². The molecule has 0 saturated heterocycles. The molecule has 9 heteroatoms. The number of rotatable bonds is 10. The van der Waals surface area contributed by atoms with Gasteiger partial charge in [0.25, 0.3) is 5.56 Å². The second-order valence-corrected chi connectivity index (χ2v) is 10.3. The van der Waals surface area contributed by atoms with Gasteiger partial charge in [0.1, 0.15) is 30.8 Å². The van der Waals surface area contributed by atoms with Crippen molar-refractivity contribution < 1.29 is 23.7 Å². The number of carbonyl (C=O) groups excluding carboxylic acids is 1. The van der Waals surface area contributed by atoms with Gasteiger partial charge >= 0.3 is 5.97 Å². The Hall–Kier alpha value is -4.47. The predicted molar refractivity (Wildman–Crippen MR) is 157 cm³/mol. The zero-order valence-electron chi connectivity index (χ0n) is 23.0. The predicted octanol–water partition coefficient (Wildman–Crippen LogP) is 4.01. The van der Waals surface area contributed by atoms with Crippen LogP contribution in [0.4, 0.5) is 0 Å². The summed E-state index contributed by atoms with van der Waals surface area (Å²) in [6.45, 7) is 2.48. The minimum Gasteiger partial charge on any atom is -0.496 e. The van der Waals surface area contributed by atoms with Crippen molar-refractivity contribution in [3.05, 3.63) is 127 Å². The van der Waals surface area contributed by atoms with Crippen LogP contribution in [0.1, 0.15) is 29.7 Å². The molecular weight excluding hydrogens is 540 g/mol. The highest BCUT2D eigenvalue weighted by molar-refractivity contribution is 7.07. The summed E-state index contributed by atoms with van der Waals surface area (Å²) < 4.78 is 24.3. The number of allylic oxidation sites excluding steroid dienone is 1. The highest BCUT2D eigenvalue weighted by Crippen LogP contribution is 2.35. The van der Waals surface area contributed by atoms with E-state index in [0.29, 0.717) is 38.7 Å². The maximum Gasteiger partial charge on any atom is 0.338 e. The topological polar surface area (TPSA) is 88.4 Å². The lowest BCUT2D eigenvalue weighted by molar-refractivity contribution is -0.140. The molecule has 0 fully saturated rings. The molecule has 1 aliphatic rings. The van der Waals surface area contributed by atoms with Crippen LogP contribution in [-0.2, 0) is 20.9 Å². The third-order valence-corrected chi connectivity index (χ3v) is 7.62. The van der Waals surface area contributed by atoms with Crippen molar-refractivity contribution in [1.29, 1.82) is 0 Å². The third kappa shape index (κ3) is 6.01. The minimum atomic E-state index is -0.788. The normalized spacial score (nSPS) is 14.8. The van der Waals surface area contributed by atoms with E-state index in [9.17, 15) is 9.59 Å². The number of hydrogen-bond donors (Lipinski definition) is 0. The maximum absolute atomic E-state index is 14.0. The Balaban J connectivity index is 1.60. The first kappa shape index (κ1) is 28.1. The zero-order valence-corrected chi connectivity index (χ0v) is 23.9. The number of hydrogen-bond acceptors (Lipinski definition) is 8. The summed E-state index contributed by atoms with van der Waals surface area (Å²) in [6.07, 6.45) is 1.80. The van der Waals surface area contributed by atoms with E-state index in [1.54, 1.807) is 30.7 Å². The molecule has 4 aromatic rings. The van der Waals surface area contributed by atoms with Gasteiger partial charge in [-0.1, -0.05) is 78.1 Å². The van der Waals surface area contributed by atoms with Crippen LogP contribution in [0, 0.1) is 0 Å². The average molecular weight is 571 g/mol. The van der Waals surface area contributed by atoms with E-state index < -0.39 is 12.0 Å². The van der Waals surface area contributed by atoms with Crippen molar-refractivity contribution in [2.75, 3.05) is 27.4 Å². The van der Waals surface area contributed by atoms with Gasteiger partial charge in [-0.15, -0.1) is 0 Å². The number of benzene rings is 3. The Morgan fingerprint density at radius 2 is 1.66 bits per heavy atom. The molecule has 8 nitrogen and oxygen atoms in total. The fraction of sp³-hybridized carbons (Fsp3) is 0.219. The quantitative estimate of drug-likeness (QED) is 0.212. The average Bonchev–Trinajstić information content (AvgIpc) is 3.30. The molecule has 0 amide bonds. The molecule has 1 aliphatic heterocycles. The van der Waals surface area contributed by atoms with E-state index in [1.807, 2.05) is 72.8 Å². The molecule has 5 rings (SSSR count). The summed E-state index contributed by atoms with van der Waals surface area (Å²) >= 11 is 1.26. The van der Waals surface area contributed by atoms with Gasteiger partial charge in [0.2, 0.25) is 0 Å². The Morgan fingerprint density at radius 3 is 2.41 bits per heavy atom. The first-order valence-corrected chi connectivity index (χ1v) is 13.9. The standard InChI is InChI=1S/C32H30N2O6S/c1-21-28(31(36)39-18-17-37-2)29(24-14-8-10-16-26(24)38-3)34-30(35)27(41-32(34)33-21)19-23-13-7-9-15-25(23)40-20-22-11-5-4-6-12-22/h4-16,19,29H,17-18,20H2,1-3H3. The summed E-state index contributed by atoms with van der Waals surface area (Å²) in [5, 5.41) is 0. The SMILES string of the molecule is COCCOC(=O)C1=C(C)N=c2sc(=Cc3ccccc3OCc3ccccc3)c(=O)n2C1c1ccccc1OC. The first-order chi connectivity index (χ1) is 20.0. The molecule has 3 aromatic carbocycles. The van der Waals surface area contributed by atoms with Crippen molar-refractivity contribution >= 4 is 23.4 Å². The lowest BCUT2D eigenvalue weighted by Gasteiger charge is -2.26. The lowest BCUT2D eigenvalue weighted by atomic mass is 9.95. The summed E-state index contributed by atoms with van der Waals surface area (Å²) in [4.78, 5) is 32.5. The summed E-state index contributed by atoms with van der Waals surface area (Å²) in [5.41, 5.74) is 2.93. The van der Waals surface area contributed by atoms with Gasteiger partial charge in [0.05, 0.1) is 29.5 Å². The lowest BCUT2D eigenvalue weighted by Crippen LogP contribution is -2.40. The number of fused-ring (bicyclic) bond motifs is 1. The second kappa shape index (κ2) is 12.8. The number of thiazole rings is 1. The number of aromatic nitrogens is 1. The summed E-state index contributed by atoms with van der Waals surface area (Å²) in [5.74, 6) is 0.638. The van der Waals surface area contributed by atoms with Crippen molar-refractivity contribution in [3.63, 3.8) is 0 Å². The van der Waals surface area contributed by atoms with Gasteiger partial charge in [-0.3, -0.25) is 9.36 Å². The Labute approximate surface area is 241 Å². The van der Waals surface area contributed by atoms with Gasteiger partial charge in [-0.05, 0) is 30.7 Å². The number of para-hydroxylation sites is 2. The molecule has 0 bridgehead atoms. The number of esters is 1. The number of nitrogens with zero attached hydrogens (tertiary/aromatic N) is 2. The van der Waals surface area contributed by atoms with E-state index in [2.05, 4.69) is 4.99 Å².